The molecular formula is C15H27ClN2. The van der Waals surface area contributed by atoms with Gasteiger partial charge in [0.2, 0.25) is 0 Å². The van der Waals surface area contributed by atoms with Crippen LogP contribution in [0.4, 0.5) is 0 Å². The number of nitrogens with zero attached hydrogens (tertiary/aromatic N) is 1. The molecule has 1 unspecified atom stereocenters. The third-order valence-corrected chi connectivity index (χ3v) is 3.19. The van der Waals surface area contributed by atoms with Gasteiger partial charge >= 0.3 is 0 Å². The minimum Gasteiger partial charge on any atom is -0.324 e. The van der Waals surface area contributed by atoms with Gasteiger partial charge in [-0.3, -0.25) is 0 Å². The quantitative estimate of drug-likeness (QED) is 0.891. The monoisotopic (exact) mass is 270 g/mol. The topological polar surface area (TPSA) is 29.3 Å². The van der Waals surface area contributed by atoms with Crippen LogP contribution in [0, 0.1) is 6.92 Å². The Balaban J connectivity index is 0.00000289. The van der Waals surface area contributed by atoms with Crippen molar-refractivity contribution in [3.8, 4) is 0 Å². The van der Waals surface area contributed by atoms with E-state index in [9.17, 15) is 0 Å². The van der Waals surface area contributed by atoms with Gasteiger partial charge in [0.1, 0.15) is 0 Å². The summed E-state index contributed by atoms with van der Waals surface area (Å²) in [6, 6.07) is 9.11. The molecule has 2 nitrogen and oxygen atoms in total. The van der Waals surface area contributed by atoms with E-state index < -0.39 is 0 Å². The van der Waals surface area contributed by atoms with Crippen LogP contribution in [0.25, 0.3) is 0 Å². The van der Waals surface area contributed by atoms with Crippen molar-refractivity contribution in [2.75, 3.05) is 13.6 Å². The van der Waals surface area contributed by atoms with E-state index in [4.69, 9.17) is 5.73 Å². The van der Waals surface area contributed by atoms with Crippen LogP contribution in [0.3, 0.4) is 0 Å². The molecule has 1 aromatic carbocycles. The molecular weight excluding hydrogens is 244 g/mol. The zero-order valence-corrected chi connectivity index (χ0v) is 13.1. The summed E-state index contributed by atoms with van der Waals surface area (Å²) in [5, 5.41) is 0. The van der Waals surface area contributed by atoms with Crippen molar-refractivity contribution >= 4 is 12.4 Å². The molecule has 0 bridgehead atoms. The van der Waals surface area contributed by atoms with E-state index in [-0.39, 0.29) is 17.9 Å². The molecule has 1 rings (SSSR count). The number of aryl methyl sites for hydroxylation is 1. The minimum absolute atomic E-state index is 0. The SMILES string of the molecule is Cc1ccccc1CC(C)N(C)CC(C)(C)N.Cl. The maximum Gasteiger partial charge on any atom is 0.0226 e. The number of likely N-dealkylation sites (N-methyl/N-ethyl adjacent to an activating group) is 1. The molecule has 3 heteroatoms. The highest BCUT2D eigenvalue weighted by atomic mass is 35.5. The lowest BCUT2D eigenvalue weighted by Gasteiger charge is -2.31. The lowest BCUT2D eigenvalue weighted by Crippen LogP contribution is -2.47. The van der Waals surface area contributed by atoms with Gasteiger partial charge in [-0.2, -0.15) is 0 Å². The molecule has 0 aliphatic carbocycles. The van der Waals surface area contributed by atoms with Crippen LogP contribution < -0.4 is 5.73 Å². The average molecular weight is 271 g/mol. The Morgan fingerprint density at radius 2 is 1.83 bits per heavy atom. The summed E-state index contributed by atoms with van der Waals surface area (Å²) in [4.78, 5) is 2.34. The summed E-state index contributed by atoms with van der Waals surface area (Å²) in [5.41, 5.74) is 8.73. The number of halogens is 1. The van der Waals surface area contributed by atoms with Crippen LogP contribution >= 0.6 is 12.4 Å². The van der Waals surface area contributed by atoms with Crippen LogP contribution in [0.15, 0.2) is 24.3 Å². The lowest BCUT2D eigenvalue weighted by atomic mass is 10.00. The second-order valence-corrected chi connectivity index (χ2v) is 5.88. The molecule has 18 heavy (non-hydrogen) atoms. The van der Waals surface area contributed by atoms with Gasteiger partial charge in [-0.25, -0.2) is 0 Å². The van der Waals surface area contributed by atoms with E-state index in [0.717, 1.165) is 13.0 Å². The van der Waals surface area contributed by atoms with Crippen LogP contribution in [-0.4, -0.2) is 30.1 Å². The smallest absolute Gasteiger partial charge is 0.0226 e. The summed E-state index contributed by atoms with van der Waals surface area (Å²) in [6.07, 6.45) is 1.08. The molecule has 0 saturated carbocycles. The van der Waals surface area contributed by atoms with Gasteiger partial charge < -0.3 is 10.6 Å². The first-order valence-electron chi connectivity index (χ1n) is 6.33. The Kier molecular flexibility index (Phi) is 6.90. The van der Waals surface area contributed by atoms with E-state index in [1.165, 1.54) is 11.1 Å². The van der Waals surface area contributed by atoms with Gasteiger partial charge in [-0.05, 0) is 52.3 Å². The van der Waals surface area contributed by atoms with Crippen molar-refractivity contribution < 1.29 is 0 Å². The van der Waals surface area contributed by atoms with Gasteiger partial charge in [0.05, 0.1) is 0 Å². The Morgan fingerprint density at radius 3 is 2.33 bits per heavy atom. The van der Waals surface area contributed by atoms with Gasteiger partial charge in [0, 0.05) is 18.1 Å². The summed E-state index contributed by atoms with van der Waals surface area (Å²) in [7, 11) is 2.15. The predicted octanol–water partition coefficient (Wildman–Crippen LogP) is 3.02. The minimum atomic E-state index is -0.130. The molecule has 2 N–H and O–H groups in total. The van der Waals surface area contributed by atoms with Crippen LogP contribution in [0.1, 0.15) is 31.9 Å². The van der Waals surface area contributed by atoms with E-state index >= 15 is 0 Å². The number of nitrogens with two attached hydrogens (primary N) is 1. The number of rotatable bonds is 5. The zero-order chi connectivity index (χ0) is 13.1. The summed E-state index contributed by atoms with van der Waals surface area (Å²) < 4.78 is 0. The fourth-order valence-electron chi connectivity index (χ4n) is 2.11. The number of hydrogen-bond acceptors (Lipinski definition) is 2. The van der Waals surface area contributed by atoms with Gasteiger partial charge in [0.25, 0.3) is 0 Å². The Hall–Kier alpha value is -0.570. The predicted molar refractivity (Wildman–Crippen MR) is 82.5 cm³/mol. The first-order valence-corrected chi connectivity index (χ1v) is 6.33. The van der Waals surface area contributed by atoms with Crippen molar-refractivity contribution in [3.63, 3.8) is 0 Å². The van der Waals surface area contributed by atoms with Crippen molar-refractivity contribution in [2.24, 2.45) is 5.73 Å². The summed E-state index contributed by atoms with van der Waals surface area (Å²) in [5.74, 6) is 0. The van der Waals surface area contributed by atoms with E-state index in [2.05, 4.69) is 63.9 Å². The first kappa shape index (κ1) is 17.4. The first-order chi connectivity index (χ1) is 7.79. The van der Waals surface area contributed by atoms with Crippen molar-refractivity contribution in [2.45, 2.75) is 45.7 Å². The molecule has 0 aliphatic rings. The normalized spacial score (nSPS) is 13.3. The maximum absolute atomic E-state index is 6.06. The second-order valence-electron chi connectivity index (χ2n) is 5.88. The fourth-order valence-corrected chi connectivity index (χ4v) is 2.11. The fraction of sp³-hybridized carbons (Fsp3) is 0.600. The Labute approximate surface area is 118 Å². The van der Waals surface area contributed by atoms with E-state index in [1.807, 2.05) is 0 Å². The molecule has 104 valence electrons. The number of benzene rings is 1. The standard InChI is InChI=1S/C15H26N2.ClH/c1-12-8-6-7-9-14(12)10-13(2)17(5)11-15(3,4)16;/h6-9,13H,10-11,16H2,1-5H3;1H. The zero-order valence-electron chi connectivity index (χ0n) is 12.2. The van der Waals surface area contributed by atoms with E-state index in [0.29, 0.717) is 6.04 Å². The largest absolute Gasteiger partial charge is 0.324 e. The molecule has 1 atom stereocenters. The van der Waals surface area contributed by atoms with Crippen molar-refractivity contribution in [3.05, 3.63) is 35.4 Å². The van der Waals surface area contributed by atoms with Crippen molar-refractivity contribution in [1.82, 2.24) is 4.90 Å². The third kappa shape index (κ3) is 5.85. The molecule has 0 aliphatic heterocycles. The van der Waals surface area contributed by atoms with Gasteiger partial charge in [-0.15, -0.1) is 12.4 Å². The average Bonchev–Trinajstić information content (AvgIpc) is 2.18. The molecule has 0 aromatic heterocycles. The highest BCUT2D eigenvalue weighted by molar-refractivity contribution is 5.85. The van der Waals surface area contributed by atoms with Crippen LogP contribution in [-0.2, 0) is 6.42 Å². The highest BCUT2D eigenvalue weighted by Gasteiger charge is 2.18. The van der Waals surface area contributed by atoms with Gasteiger partial charge in [-0.1, -0.05) is 24.3 Å². The van der Waals surface area contributed by atoms with E-state index in [1.54, 1.807) is 0 Å². The number of hydrogen-bond donors (Lipinski definition) is 1. The molecule has 0 fully saturated rings. The summed E-state index contributed by atoms with van der Waals surface area (Å²) >= 11 is 0. The molecule has 0 heterocycles. The molecule has 0 amide bonds. The molecule has 0 radical (unpaired) electrons. The Bertz CT molecular complexity index is 358. The van der Waals surface area contributed by atoms with Crippen LogP contribution in [0.2, 0.25) is 0 Å². The second kappa shape index (κ2) is 7.13. The highest BCUT2D eigenvalue weighted by Crippen LogP contribution is 2.13. The van der Waals surface area contributed by atoms with Gasteiger partial charge in [0.15, 0.2) is 0 Å². The Morgan fingerprint density at radius 1 is 1.28 bits per heavy atom. The third-order valence-electron chi connectivity index (χ3n) is 3.19. The molecule has 1 aromatic rings. The molecule has 0 saturated heterocycles. The maximum atomic E-state index is 6.06. The lowest BCUT2D eigenvalue weighted by molar-refractivity contribution is 0.212. The van der Waals surface area contributed by atoms with Crippen LogP contribution in [0.5, 0.6) is 0 Å². The summed E-state index contributed by atoms with van der Waals surface area (Å²) in [6.45, 7) is 9.50. The van der Waals surface area contributed by atoms with Crippen molar-refractivity contribution in [1.29, 1.82) is 0 Å². The molecule has 0 spiro atoms.